The first-order valence-electron chi connectivity index (χ1n) is 4.91. The third kappa shape index (κ3) is 0.812. The summed E-state index contributed by atoms with van der Waals surface area (Å²) in [7, 11) is 0. The smallest absolute Gasteiger partial charge is 0.227 e. The summed E-state index contributed by atoms with van der Waals surface area (Å²) < 4.78 is 0. The predicted molar refractivity (Wildman–Crippen MR) is 51.9 cm³/mol. The van der Waals surface area contributed by atoms with Gasteiger partial charge in [0.05, 0.1) is 5.41 Å². The van der Waals surface area contributed by atoms with Crippen LogP contribution in [0.15, 0.2) is 12.2 Å². The summed E-state index contributed by atoms with van der Waals surface area (Å²) in [4.78, 5) is 11.4. The van der Waals surface area contributed by atoms with Gasteiger partial charge in [-0.05, 0) is 30.6 Å². The maximum atomic E-state index is 11.4. The molecule has 0 saturated heterocycles. The quantitative estimate of drug-likeness (QED) is 0.613. The van der Waals surface area contributed by atoms with Gasteiger partial charge in [-0.1, -0.05) is 26.0 Å². The Hall–Kier alpha value is -0.790. The Labute approximate surface area is 79.2 Å². The lowest BCUT2D eigenvalue weighted by molar-refractivity contribution is -0.125. The van der Waals surface area contributed by atoms with Gasteiger partial charge in [-0.2, -0.15) is 0 Å². The molecule has 0 spiro atoms. The highest BCUT2D eigenvalue weighted by atomic mass is 16.1. The minimum Gasteiger partial charge on any atom is -0.369 e. The summed E-state index contributed by atoms with van der Waals surface area (Å²) in [6.45, 7) is 8.45. The number of nitrogens with two attached hydrogens (primary N) is 1. The number of fused-ring (bicyclic) bond motifs is 2. The van der Waals surface area contributed by atoms with Crippen molar-refractivity contribution in [3.8, 4) is 0 Å². The Morgan fingerprint density at radius 1 is 1.62 bits per heavy atom. The minimum atomic E-state index is -0.353. The van der Waals surface area contributed by atoms with Crippen LogP contribution in [0.5, 0.6) is 0 Å². The third-order valence-electron chi connectivity index (χ3n) is 4.36. The van der Waals surface area contributed by atoms with E-state index >= 15 is 0 Å². The number of rotatable bonds is 1. The van der Waals surface area contributed by atoms with Crippen LogP contribution >= 0.6 is 0 Å². The van der Waals surface area contributed by atoms with Crippen LogP contribution in [0.1, 0.15) is 33.1 Å². The van der Waals surface area contributed by atoms with E-state index in [1.54, 1.807) is 0 Å². The van der Waals surface area contributed by atoms with Crippen molar-refractivity contribution in [2.24, 2.45) is 22.5 Å². The van der Waals surface area contributed by atoms with Crippen molar-refractivity contribution in [1.29, 1.82) is 0 Å². The minimum absolute atomic E-state index is 0.118. The third-order valence-corrected chi connectivity index (χ3v) is 4.36. The molecule has 2 N–H and O–H groups in total. The first-order valence-corrected chi connectivity index (χ1v) is 4.91. The standard InChI is InChI=1S/C11H17NO/c1-7-10(2,3)8-4-5-11(7,6-8)9(12)13/h8H,1,4-6H2,2-3H3,(H2,12,13)/t8?,11-/m0/s1. The Morgan fingerprint density at radius 3 is 2.54 bits per heavy atom. The van der Waals surface area contributed by atoms with E-state index in [0.29, 0.717) is 5.92 Å². The molecule has 0 aromatic heterocycles. The Bertz CT molecular complexity index is 292. The van der Waals surface area contributed by atoms with E-state index in [0.717, 1.165) is 24.8 Å². The zero-order valence-electron chi connectivity index (χ0n) is 8.39. The molecule has 0 aliphatic heterocycles. The maximum absolute atomic E-state index is 11.4. The van der Waals surface area contributed by atoms with E-state index in [-0.39, 0.29) is 16.7 Å². The first-order chi connectivity index (χ1) is 5.91. The first kappa shape index (κ1) is 8.79. The summed E-state index contributed by atoms with van der Waals surface area (Å²) in [5.41, 5.74) is 6.32. The van der Waals surface area contributed by atoms with Crippen molar-refractivity contribution in [2.75, 3.05) is 0 Å². The molecule has 2 saturated carbocycles. The second-order valence-electron chi connectivity index (χ2n) is 5.09. The van der Waals surface area contributed by atoms with Crippen LogP contribution in [0.3, 0.4) is 0 Å². The van der Waals surface area contributed by atoms with Gasteiger partial charge in [-0.15, -0.1) is 0 Å². The van der Waals surface area contributed by atoms with Crippen LogP contribution in [-0.4, -0.2) is 5.91 Å². The van der Waals surface area contributed by atoms with Crippen LogP contribution in [0.25, 0.3) is 0 Å². The average molecular weight is 179 g/mol. The van der Waals surface area contributed by atoms with Gasteiger partial charge in [-0.3, -0.25) is 4.79 Å². The Balaban J connectivity index is 2.46. The highest BCUT2D eigenvalue weighted by Crippen LogP contribution is 2.65. The molecule has 2 nitrogen and oxygen atoms in total. The summed E-state index contributed by atoms with van der Waals surface area (Å²) in [6.07, 6.45) is 3.00. The molecule has 72 valence electrons. The lowest BCUT2D eigenvalue weighted by atomic mass is 9.68. The predicted octanol–water partition coefficient (Wildman–Crippen LogP) is 1.85. The van der Waals surface area contributed by atoms with Crippen LogP contribution in [0.2, 0.25) is 0 Å². The van der Waals surface area contributed by atoms with Crippen LogP contribution in [0.4, 0.5) is 0 Å². The molecule has 1 amide bonds. The van der Waals surface area contributed by atoms with Crippen LogP contribution in [0, 0.1) is 16.7 Å². The molecular formula is C11H17NO. The number of carbonyl (C=O) groups is 1. The van der Waals surface area contributed by atoms with Crippen molar-refractivity contribution in [1.82, 2.24) is 0 Å². The number of carbonyl (C=O) groups excluding carboxylic acids is 1. The van der Waals surface area contributed by atoms with Crippen molar-refractivity contribution in [3.05, 3.63) is 12.2 Å². The van der Waals surface area contributed by atoms with E-state index in [1.165, 1.54) is 0 Å². The van der Waals surface area contributed by atoms with Gasteiger partial charge >= 0.3 is 0 Å². The highest BCUT2D eigenvalue weighted by molar-refractivity contribution is 5.86. The zero-order valence-corrected chi connectivity index (χ0v) is 8.39. The lowest BCUT2D eigenvalue weighted by Gasteiger charge is -2.36. The van der Waals surface area contributed by atoms with E-state index in [4.69, 9.17) is 5.73 Å². The molecule has 2 rings (SSSR count). The van der Waals surface area contributed by atoms with E-state index in [2.05, 4.69) is 20.4 Å². The molecule has 13 heavy (non-hydrogen) atoms. The average Bonchev–Trinajstić information content (AvgIpc) is 2.53. The molecule has 0 radical (unpaired) electrons. The molecule has 0 heterocycles. The van der Waals surface area contributed by atoms with Crippen molar-refractivity contribution in [3.63, 3.8) is 0 Å². The van der Waals surface area contributed by atoms with Crippen molar-refractivity contribution >= 4 is 5.91 Å². The maximum Gasteiger partial charge on any atom is 0.227 e. The summed E-state index contributed by atoms with van der Waals surface area (Å²) in [6, 6.07) is 0. The normalized spacial score (nSPS) is 41.1. The van der Waals surface area contributed by atoms with E-state index in [1.807, 2.05) is 0 Å². The SMILES string of the molecule is C=C1C(C)(C)C2CC[C@]1(C(N)=O)C2. The van der Waals surface area contributed by atoms with Gasteiger partial charge in [0.15, 0.2) is 0 Å². The molecular weight excluding hydrogens is 162 g/mol. The molecule has 2 aliphatic carbocycles. The van der Waals surface area contributed by atoms with Gasteiger partial charge in [0.2, 0.25) is 5.91 Å². The molecule has 2 aliphatic rings. The fourth-order valence-corrected chi connectivity index (χ4v) is 3.17. The molecule has 2 bridgehead atoms. The fourth-order valence-electron chi connectivity index (χ4n) is 3.17. The largest absolute Gasteiger partial charge is 0.369 e. The van der Waals surface area contributed by atoms with Gasteiger partial charge in [-0.25, -0.2) is 0 Å². The van der Waals surface area contributed by atoms with Gasteiger partial charge in [0.1, 0.15) is 0 Å². The second-order valence-corrected chi connectivity index (χ2v) is 5.09. The summed E-state index contributed by atoms with van der Waals surface area (Å²) in [5.74, 6) is 0.457. The van der Waals surface area contributed by atoms with E-state index < -0.39 is 0 Å². The van der Waals surface area contributed by atoms with Gasteiger partial charge in [0, 0.05) is 0 Å². The lowest BCUT2D eigenvalue weighted by Crippen LogP contribution is -2.37. The highest BCUT2D eigenvalue weighted by Gasteiger charge is 2.60. The number of primary amides is 1. The number of amides is 1. The molecule has 2 atom stereocenters. The zero-order chi connectivity index (χ0) is 9.85. The monoisotopic (exact) mass is 179 g/mol. The summed E-state index contributed by atoms with van der Waals surface area (Å²) >= 11 is 0. The van der Waals surface area contributed by atoms with Crippen molar-refractivity contribution < 1.29 is 4.79 Å². The fraction of sp³-hybridized carbons (Fsp3) is 0.727. The van der Waals surface area contributed by atoms with Crippen LogP contribution in [-0.2, 0) is 4.79 Å². The summed E-state index contributed by atoms with van der Waals surface area (Å²) in [5, 5.41) is 0. The molecule has 0 aromatic rings. The number of hydrogen-bond acceptors (Lipinski definition) is 1. The molecule has 2 fully saturated rings. The number of hydrogen-bond donors (Lipinski definition) is 1. The second kappa shape index (κ2) is 2.17. The van der Waals surface area contributed by atoms with Gasteiger partial charge < -0.3 is 5.73 Å². The molecule has 2 heteroatoms. The van der Waals surface area contributed by atoms with Crippen molar-refractivity contribution in [2.45, 2.75) is 33.1 Å². The molecule has 1 unspecified atom stereocenters. The Morgan fingerprint density at radius 2 is 2.23 bits per heavy atom. The van der Waals surface area contributed by atoms with Gasteiger partial charge in [0.25, 0.3) is 0 Å². The topological polar surface area (TPSA) is 43.1 Å². The van der Waals surface area contributed by atoms with E-state index in [9.17, 15) is 4.79 Å². The van der Waals surface area contributed by atoms with Crippen LogP contribution < -0.4 is 5.73 Å². The molecule has 0 aromatic carbocycles. The Kier molecular flexibility index (Phi) is 1.47.